The van der Waals surface area contributed by atoms with E-state index >= 15 is 0 Å². The Balaban J connectivity index is 1.94. The first-order valence-corrected chi connectivity index (χ1v) is 8.10. The van der Waals surface area contributed by atoms with E-state index in [0.717, 1.165) is 5.56 Å². The maximum absolute atomic E-state index is 12.3. The fourth-order valence-electron chi connectivity index (χ4n) is 2.93. The fraction of sp³-hybridized carbons (Fsp3) is 0.556. The molecule has 0 saturated carbocycles. The van der Waals surface area contributed by atoms with Crippen LogP contribution in [0.5, 0.6) is 5.75 Å². The van der Waals surface area contributed by atoms with Gasteiger partial charge in [0.1, 0.15) is 5.75 Å². The van der Waals surface area contributed by atoms with E-state index < -0.39 is 11.9 Å². The Morgan fingerprint density at radius 2 is 2.09 bits per heavy atom. The Hall–Kier alpha value is -2.04. The van der Waals surface area contributed by atoms with Crippen LogP contribution in [0.15, 0.2) is 24.3 Å². The molecule has 1 saturated heterocycles. The lowest BCUT2D eigenvalue weighted by Gasteiger charge is -2.34. The highest BCUT2D eigenvalue weighted by atomic mass is 16.5. The van der Waals surface area contributed by atoms with Crippen LogP contribution in [0.3, 0.4) is 0 Å². The molecule has 1 aliphatic rings. The van der Waals surface area contributed by atoms with Crippen molar-refractivity contribution in [2.24, 2.45) is 11.8 Å². The van der Waals surface area contributed by atoms with Crippen molar-refractivity contribution in [1.82, 2.24) is 4.90 Å². The zero-order valence-corrected chi connectivity index (χ0v) is 14.0. The van der Waals surface area contributed by atoms with Crippen LogP contribution in [0.25, 0.3) is 0 Å². The minimum absolute atomic E-state index is 0.0550. The SMILES string of the molecule is CC1CC(C(=O)O)CN(C(=O)COc2cccc(C(C)C)c2)C1. The maximum Gasteiger partial charge on any atom is 0.308 e. The molecule has 2 unspecified atom stereocenters. The van der Waals surface area contributed by atoms with Crippen LogP contribution in [0, 0.1) is 11.8 Å². The normalized spacial score (nSPS) is 21.3. The standard InChI is InChI=1S/C18H25NO4/c1-12(2)14-5-4-6-16(8-14)23-11-17(20)19-9-13(3)7-15(10-19)18(21)22/h4-6,8,12-13,15H,7,9-11H2,1-3H3,(H,21,22). The lowest BCUT2D eigenvalue weighted by molar-refractivity contribution is -0.147. The zero-order valence-electron chi connectivity index (χ0n) is 14.0. The van der Waals surface area contributed by atoms with Crippen molar-refractivity contribution >= 4 is 11.9 Å². The first kappa shape index (κ1) is 17.3. The van der Waals surface area contributed by atoms with Gasteiger partial charge in [0.15, 0.2) is 6.61 Å². The van der Waals surface area contributed by atoms with E-state index in [2.05, 4.69) is 13.8 Å². The first-order chi connectivity index (χ1) is 10.9. The van der Waals surface area contributed by atoms with Crippen molar-refractivity contribution in [2.75, 3.05) is 19.7 Å². The third kappa shape index (κ3) is 4.71. The van der Waals surface area contributed by atoms with Crippen LogP contribution in [-0.2, 0) is 9.59 Å². The third-order valence-corrected chi connectivity index (χ3v) is 4.25. The van der Waals surface area contributed by atoms with Crippen molar-refractivity contribution in [3.05, 3.63) is 29.8 Å². The second-order valence-corrected chi connectivity index (χ2v) is 6.69. The van der Waals surface area contributed by atoms with Gasteiger partial charge in [-0.3, -0.25) is 9.59 Å². The number of nitrogens with zero attached hydrogens (tertiary/aromatic N) is 1. The molecule has 2 rings (SSSR count). The number of hydrogen-bond donors (Lipinski definition) is 1. The largest absolute Gasteiger partial charge is 0.484 e. The predicted octanol–water partition coefficient (Wildman–Crippen LogP) is 2.76. The van der Waals surface area contributed by atoms with E-state index in [0.29, 0.717) is 24.6 Å². The van der Waals surface area contributed by atoms with Gasteiger partial charge in [0.2, 0.25) is 0 Å². The lowest BCUT2D eigenvalue weighted by atomic mass is 9.90. The van der Waals surface area contributed by atoms with Crippen molar-refractivity contribution in [2.45, 2.75) is 33.1 Å². The Kier molecular flexibility index (Phi) is 5.64. The summed E-state index contributed by atoms with van der Waals surface area (Å²) < 4.78 is 5.60. The van der Waals surface area contributed by atoms with E-state index in [4.69, 9.17) is 4.74 Å². The van der Waals surface area contributed by atoms with E-state index in [1.165, 1.54) is 0 Å². The van der Waals surface area contributed by atoms with Crippen LogP contribution >= 0.6 is 0 Å². The maximum atomic E-state index is 12.3. The molecule has 1 aromatic carbocycles. The van der Waals surface area contributed by atoms with E-state index in [-0.39, 0.29) is 25.0 Å². The Bertz CT molecular complexity index is 570. The summed E-state index contributed by atoms with van der Waals surface area (Å²) in [5, 5.41) is 9.18. The van der Waals surface area contributed by atoms with Crippen LogP contribution in [0.1, 0.15) is 38.7 Å². The fourth-order valence-corrected chi connectivity index (χ4v) is 2.93. The quantitative estimate of drug-likeness (QED) is 0.906. The van der Waals surface area contributed by atoms with Gasteiger partial charge >= 0.3 is 5.97 Å². The van der Waals surface area contributed by atoms with Gasteiger partial charge in [0.05, 0.1) is 5.92 Å². The number of amides is 1. The summed E-state index contributed by atoms with van der Waals surface area (Å²) >= 11 is 0. The molecule has 0 spiro atoms. The molecular formula is C18H25NO4. The summed E-state index contributed by atoms with van der Waals surface area (Å²) in [6.45, 7) is 6.99. The number of rotatable bonds is 5. The van der Waals surface area contributed by atoms with Gasteiger partial charge in [-0.05, 0) is 36.0 Å². The van der Waals surface area contributed by atoms with Gasteiger partial charge in [-0.2, -0.15) is 0 Å². The van der Waals surface area contributed by atoms with Crippen LogP contribution in [-0.4, -0.2) is 41.6 Å². The number of carboxylic acid groups (broad SMARTS) is 1. The van der Waals surface area contributed by atoms with E-state index in [9.17, 15) is 14.7 Å². The topological polar surface area (TPSA) is 66.8 Å². The van der Waals surface area contributed by atoms with Crippen molar-refractivity contribution in [3.63, 3.8) is 0 Å². The van der Waals surface area contributed by atoms with Crippen LogP contribution < -0.4 is 4.74 Å². The van der Waals surface area contributed by atoms with Crippen LogP contribution in [0.2, 0.25) is 0 Å². The number of benzene rings is 1. The molecule has 2 atom stereocenters. The number of carboxylic acids is 1. The highest BCUT2D eigenvalue weighted by Gasteiger charge is 2.31. The van der Waals surface area contributed by atoms with Crippen LogP contribution in [0.4, 0.5) is 0 Å². The number of aliphatic carboxylic acids is 1. The van der Waals surface area contributed by atoms with Gasteiger partial charge in [-0.15, -0.1) is 0 Å². The monoisotopic (exact) mass is 319 g/mol. The van der Waals surface area contributed by atoms with Crippen molar-refractivity contribution < 1.29 is 19.4 Å². The number of ether oxygens (including phenoxy) is 1. The number of likely N-dealkylation sites (tertiary alicyclic amines) is 1. The van der Waals surface area contributed by atoms with Gasteiger partial charge in [0.25, 0.3) is 5.91 Å². The summed E-state index contributed by atoms with van der Waals surface area (Å²) in [6, 6.07) is 7.72. The molecule has 126 valence electrons. The Labute approximate surface area is 137 Å². The molecule has 23 heavy (non-hydrogen) atoms. The second-order valence-electron chi connectivity index (χ2n) is 6.69. The Morgan fingerprint density at radius 1 is 1.35 bits per heavy atom. The molecule has 5 heteroatoms. The van der Waals surface area contributed by atoms with E-state index in [1.807, 2.05) is 31.2 Å². The molecule has 1 aromatic rings. The minimum atomic E-state index is -0.833. The molecule has 1 amide bonds. The number of carbonyl (C=O) groups is 2. The highest BCUT2D eigenvalue weighted by molar-refractivity contribution is 5.79. The van der Waals surface area contributed by atoms with Crippen molar-refractivity contribution in [1.29, 1.82) is 0 Å². The number of hydrogen-bond acceptors (Lipinski definition) is 3. The summed E-state index contributed by atoms with van der Waals surface area (Å²) in [4.78, 5) is 25.1. The first-order valence-electron chi connectivity index (χ1n) is 8.10. The average molecular weight is 319 g/mol. The lowest BCUT2D eigenvalue weighted by Crippen LogP contribution is -2.47. The molecular weight excluding hydrogens is 294 g/mol. The highest BCUT2D eigenvalue weighted by Crippen LogP contribution is 2.23. The van der Waals surface area contributed by atoms with Crippen molar-refractivity contribution in [3.8, 4) is 5.75 Å². The molecule has 1 aliphatic heterocycles. The predicted molar refractivity (Wildman–Crippen MR) is 87.5 cm³/mol. The summed E-state index contributed by atoms with van der Waals surface area (Å²) in [7, 11) is 0. The molecule has 1 fully saturated rings. The summed E-state index contributed by atoms with van der Waals surface area (Å²) in [5.74, 6) is -0.208. The Morgan fingerprint density at radius 3 is 2.74 bits per heavy atom. The zero-order chi connectivity index (χ0) is 17.0. The molecule has 0 radical (unpaired) electrons. The molecule has 0 aromatic heterocycles. The third-order valence-electron chi connectivity index (χ3n) is 4.25. The summed E-state index contributed by atoms with van der Waals surface area (Å²) in [5.41, 5.74) is 1.16. The van der Waals surface area contributed by atoms with Gasteiger partial charge in [-0.1, -0.05) is 32.9 Å². The van der Waals surface area contributed by atoms with Gasteiger partial charge in [0, 0.05) is 13.1 Å². The van der Waals surface area contributed by atoms with Gasteiger partial charge in [-0.25, -0.2) is 0 Å². The second kappa shape index (κ2) is 7.49. The smallest absolute Gasteiger partial charge is 0.308 e. The number of carbonyl (C=O) groups excluding carboxylic acids is 1. The number of piperidine rings is 1. The molecule has 5 nitrogen and oxygen atoms in total. The summed E-state index contributed by atoms with van der Waals surface area (Å²) in [6.07, 6.45) is 0.621. The molecule has 0 aliphatic carbocycles. The minimum Gasteiger partial charge on any atom is -0.484 e. The molecule has 1 heterocycles. The molecule has 1 N–H and O–H groups in total. The van der Waals surface area contributed by atoms with E-state index in [1.54, 1.807) is 4.90 Å². The molecule has 0 bridgehead atoms. The van der Waals surface area contributed by atoms with Gasteiger partial charge < -0.3 is 14.7 Å². The average Bonchev–Trinajstić information content (AvgIpc) is 2.52.